The quantitative estimate of drug-likeness (QED) is 0.770. The molecule has 0 radical (unpaired) electrons. The summed E-state index contributed by atoms with van der Waals surface area (Å²) in [5, 5.41) is 0. The average molecular weight is 363 g/mol. The Labute approximate surface area is 135 Å². The highest BCUT2D eigenvalue weighted by molar-refractivity contribution is 9.10. The number of aromatic nitrogens is 3. The van der Waals surface area contributed by atoms with Crippen molar-refractivity contribution in [3.63, 3.8) is 0 Å². The van der Waals surface area contributed by atoms with Crippen molar-refractivity contribution < 1.29 is 9.53 Å². The molecule has 0 spiro atoms. The van der Waals surface area contributed by atoms with Gasteiger partial charge in [-0.15, -0.1) is 0 Å². The summed E-state index contributed by atoms with van der Waals surface area (Å²) in [6.45, 7) is 4.38. The SMILES string of the molecule is C=CC1OC(=O)N2C[C@H](c3nc(Br)n4ccncc34)CC[C@@H]12. The standard InChI is InChI=1S/C15H15BrN4O2/c1-2-12-10-4-3-9(8-20(10)15(21)22-12)13-11-7-17-5-6-19(11)14(16)18-13/h2,5-7,9-10,12H,1,3-4,8H2/t9-,10+,12?/m1/s1. The number of piperidine rings is 1. The van der Waals surface area contributed by atoms with Gasteiger partial charge in [-0.25, -0.2) is 9.78 Å². The topological polar surface area (TPSA) is 59.7 Å². The van der Waals surface area contributed by atoms with Crippen LogP contribution in [0.1, 0.15) is 24.5 Å². The Kier molecular flexibility index (Phi) is 3.18. The van der Waals surface area contributed by atoms with Crippen molar-refractivity contribution in [2.24, 2.45) is 0 Å². The summed E-state index contributed by atoms with van der Waals surface area (Å²) in [6.07, 6.45) is 8.55. The zero-order chi connectivity index (χ0) is 15.3. The Morgan fingerprint density at radius 3 is 3.14 bits per heavy atom. The molecule has 22 heavy (non-hydrogen) atoms. The van der Waals surface area contributed by atoms with Gasteiger partial charge >= 0.3 is 6.09 Å². The van der Waals surface area contributed by atoms with E-state index in [9.17, 15) is 4.79 Å². The van der Waals surface area contributed by atoms with Gasteiger partial charge in [0.05, 0.1) is 23.4 Å². The normalized spacial score (nSPS) is 27.8. The molecular formula is C15H15BrN4O2. The minimum absolute atomic E-state index is 0.108. The van der Waals surface area contributed by atoms with Gasteiger partial charge in [-0.2, -0.15) is 0 Å². The van der Waals surface area contributed by atoms with Gasteiger partial charge in [0, 0.05) is 24.9 Å². The molecule has 2 aromatic rings. The Balaban J connectivity index is 1.67. The van der Waals surface area contributed by atoms with Gasteiger partial charge in [0.25, 0.3) is 0 Å². The van der Waals surface area contributed by atoms with Crippen LogP contribution >= 0.6 is 15.9 Å². The van der Waals surface area contributed by atoms with Crippen molar-refractivity contribution in [2.45, 2.75) is 30.9 Å². The van der Waals surface area contributed by atoms with E-state index in [1.165, 1.54) is 0 Å². The predicted molar refractivity (Wildman–Crippen MR) is 83.6 cm³/mol. The van der Waals surface area contributed by atoms with Crippen molar-refractivity contribution in [2.75, 3.05) is 6.54 Å². The predicted octanol–water partition coefficient (Wildman–Crippen LogP) is 2.74. The first-order valence-electron chi connectivity index (χ1n) is 7.26. The first kappa shape index (κ1) is 13.8. The lowest BCUT2D eigenvalue weighted by molar-refractivity contribution is 0.144. The second-order valence-corrected chi connectivity index (χ2v) is 6.38. The van der Waals surface area contributed by atoms with E-state index in [4.69, 9.17) is 4.74 Å². The smallest absolute Gasteiger partial charge is 0.410 e. The minimum Gasteiger partial charge on any atom is -0.440 e. The van der Waals surface area contributed by atoms with Crippen LogP contribution in [0, 0.1) is 0 Å². The molecule has 4 rings (SSSR count). The third kappa shape index (κ3) is 1.95. The molecule has 2 aliphatic heterocycles. The molecule has 1 unspecified atom stereocenters. The number of hydrogen-bond donors (Lipinski definition) is 0. The van der Waals surface area contributed by atoms with Gasteiger partial charge < -0.3 is 9.64 Å². The molecule has 0 aliphatic carbocycles. The molecule has 4 heterocycles. The fourth-order valence-electron chi connectivity index (χ4n) is 3.46. The summed E-state index contributed by atoms with van der Waals surface area (Å²) < 4.78 is 8.08. The van der Waals surface area contributed by atoms with Crippen molar-refractivity contribution in [3.05, 3.63) is 41.7 Å². The second kappa shape index (κ2) is 5.08. The van der Waals surface area contributed by atoms with Crippen molar-refractivity contribution in [3.8, 4) is 0 Å². The minimum atomic E-state index is -0.250. The molecule has 2 aliphatic rings. The zero-order valence-corrected chi connectivity index (χ0v) is 13.4. The molecule has 2 fully saturated rings. The molecule has 7 heteroatoms. The molecule has 3 atom stereocenters. The molecule has 0 saturated carbocycles. The highest BCUT2D eigenvalue weighted by atomic mass is 79.9. The summed E-state index contributed by atoms with van der Waals surface area (Å²) in [4.78, 5) is 22.7. The molecule has 0 N–H and O–H groups in total. The number of carbonyl (C=O) groups excluding carboxylic acids is 1. The fraction of sp³-hybridized carbons (Fsp3) is 0.400. The van der Waals surface area contributed by atoms with Gasteiger partial charge in [0.15, 0.2) is 4.73 Å². The number of fused-ring (bicyclic) bond motifs is 2. The molecular weight excluding hydrogens is 348 g/mol. The molecule has 6 nitrogen and oxygen atoms in total. The maximum absolute atomic E-state index is 12.0. The molecule has 0 bridgehead atoms. The van der Waals surface area contributed by atoms with Gasteiger partial charge in [-0.1, -0.05) is 6.58 Å². The zero-order valence-electron chi connectivity index (χ0n) is 11.9. The molecule has 2 aromatic heterocycles. The van der Waals surface area contributed by atoms with Crippen LogP contribution in [-0.2, 0) is 4.74 Å². The third-order valence-corrected chi connectivity index (χ3v) is 5.09. The number of imidazole rings is 1. The number of hydrogen-bond acceptors (Lipinski definition) is 4. The first-order valence-corrected chi connectivity index (χ1v) is 8.05. The lowest BCUT2D eigenvalue weighted by Crippen LogP contribution is -2.43. The van der Waals surface area contributed by atoms with Crippen molar-refractivity contribution >= 4 is 27.5 Å². The number of amides is 1. The molecule has 114 valence electrons. The van der Waals surface area contributed by atoms with E-state index in [1.54, 1.807) is 12.3 Å². The van der Waals surface area contributed by atoms with Crippen LogP contribution in [-0.4, -0.2) is 44.1 Å². The van der Waals surface area contributed by atoms with E-state index in [-0.39, 0.29) is 24.2 Å². The average Bonchev–Trinajstić information content (AvgIpc) is 3.05. The number of nitrogens with zero attached hydrogens (tertiary/aromatic N) is 4. The number of carbonyl (C=O) groups is 1. The van der Waals surface area contributed by atoms with E-state index in [1.807, 2.05) is 21.7 Å². The number of cyclic esters (lactones) is 1. The van der Waals surface area contributed by atoms with Crippen molar-refractivity contribution in [1.82, 2.24) is 19.3 Å². The Hall–Kier alpha value is -1.89. The lowest BCUT2D eigenvalue weighted by Gasteiger charge is -2.33. The maximum atomic E-state index is 12.0. The summed E-state index contributed by atoms with van der Waals surface area (Å²) in [5.74, 6) is 0.192. The summed E-state index contributed by atoms with van der Waals surface area (Å²) in [7, 11) is 0. The van der Waals surface area contributed by atoms with Crippen LogP contribution in [0.5, 0.6) is 0 Å². The highest BCUT2D eigenvalue weighted by Gasteiger charge is 2.44. The van der Waals surface area contributed by atoms with Crippen LogP contribution in [0.3, 0.4) is 0 Å². The van der Waals surface area contributed by atoms with Crippen LogP contribution in [0.4, 0.5) is 4.79 Å². The summed E-state index contributed by atoms with van der Waals surface area (Å²) >= 11 is 3.48. The van der Waals surface area contributed by atoms with E-state index < -0.39 is 0 Å². The van der Waals surface area contributed by atoms with E-state index in [0.29, 0.717) is 6.54 Å². The summed E-state index contributed by atoms with van der Waals surface area (Å²) in [6, 6.07) is 0.108. The van der Waals surface area contributed by atoms with Crippen LogP contribution < -0.4 is 0 Å². The van der Waals surface area contributed by atoms with Crippen LogP contribution in [0.15, 0.2) is 36.0 Å². The van der Waals surface area contributed by atoms with E-state index >= 15 is 0 Å². The number of ether oxygens (including phenoxy) is 1. The Bertz CT molecular complexity index is 759. The highest BCUT2D eigenvalue weighted by Crippen LogP contribution is 2.37. The molecule has 2 saturated heterocycles. The summed E-state index contributed by atoms with van der Waals surface area (Å²) in [5.41, 5.74) is 1.96. The Morgan fingerprint density at radius 1 is 1.45 bits per heavy atom. The molecule has 1 amide bonds. The monoisotopic (exact) mass is 362 g/mol. The number of rotatable bonds is 2. The molecule has 0 aromatic carbocycles. The lowest BCUT2D eigenvalue weighted by atomic mass is 9.88. The van der Waals surface area contributed by atoms with Gasteiger partial charge in [0.2, 0.25) is 0 Å². The van der Waals surface area contributed by atoms with E-state index in [2.05, 4.69) is 32.5 Å². The third-order valence-electron chi connectivity index (χ3n) is 4.53. The second-order valence-electron chi connectivity index (χ2n) is 5.68. The van der Waals surface area contributed by atoms with Gasteiger partial charge in [-0.3, -0.25) is 9.38 Å². The van der Waals surface area contributed by atoms with Crippen LogP contribution in [0.25, 0.3) is 5.52 Å². The van der Waals surface area contributed by atoms with Gasteiger partial charge in [-0.05, 0) is 34.8 Å². The largest absolute Gasteiger partial charge is 0.440 e. The van der Waals surface area contributed by atoms with Crippen molar-refractivity contribution in [1.29, 1.82) is 0 Å². The Morgan fingerprint density at radius 2 is 2.32 bits per heavy atom. The van der Waals surface area contributed by atoms with Gasteiger partial charge in [0.1, 0.15) is 6.10 Å². The fourth-order valence-corrected chi connectivity index (χ4v) is 3.96. The number of halogens is 1. The first-order chi connectivity index (χ1) is 10.7. The van der Waals surface area contributed by atoms with E-state index in [0.717, 1.165) is 28.8 Å². The maximum Gasteiger partial charge on any atom is 0.410 e. The van der Waals surface area contributed by atoms with Crippen LogP contribution in [0.2, 0.25) is 0 Å².